The summed E-state index contributed by atoms with van der Waals surface area (Å²) in [7, 11) is 0. The molecule has 0 spiro atoms. The van der Waals surface area contributed by atoms with E-state index in [1.807, 2.05) is 30.3 Å². The second-order valence-electron chi connectivity index (χ2n) is 5.56. The molecule has 0 aliphatic heterocycles. The van der Waals surface area contributed by atoms with Crippen molar-refractivity contribution in [1.29, 1.82) is 0 Å². The Morgan fingerprint density at radius 1 is 1.04 bits per heavy atom. The molecular weight excluding hydrogens is 330 g/mol. The number of amides is 1. The first-order valence-corrected chi connectivity index (χ1v) is 8.12. The van der Waals surface area contributed by atoms with Gasteiger partial charge in [-0.3, -0.25) is 4.79 Å². The van der Waals surface area contributed by atoms with E-state index in [1.54, 1.807) is 30.3 Å². The molecule has 5 N–H and O–H groups in total. The number of rotatable bonds is 6. The monoisotopic (exact) mass is 349 g/mol. The topological polar surface area (TPSA) is 113 Å². The molecule has 2 aromatic carbocycles. The van der Waals surface area contributed by atoms with Crippen LogP contribution >= 0.6 is 0 Å². The van der Waals surface area contributed by atoms with E-state index in [9.17, 15) is 4.79 Å². The number of nitrogens with two attached hydrogens (primary N) is 1. The minimum atomic E-state index is -0.317. The fourth-order valence-electron chi connectivity index (χ4n) is 2.38. The summed E-state index contributed by atoms with van der Waals surface area (Å²) in [6.45, 7) is 0.255. The Morgan fingerprint density at radius 3 is 2.58 bits per heavy atom. The predicted molar refractivity (Wildman–Crippen MR) is 102 cm³/mol. The first-order chi connectivity index (χ1) is 12.7. The summed E-state index contributed by atoms with van der Waals surface area (Å²) in [4.78, 5) is 21.2. The lowest BCUT2D eigenvalue weighted by Gasteiger charge is -2.10. The Hall–Kier alpha value is -3.45. The highest BCUT2D eigenvalue weighted by molar-refractivity contribution is 6.04. The van der Waals surface area contributed by atoms with Crippen LogP contribution in [-0.4, -0.2) is 34.1 Å². The smallest absolute Gasteiger partial charge is 0.256 e. The third-order valence-corrected chi connectivity index (χ3v) is 3.58. The van der Waals surface area contributed by atoms with Gasteiger partial charge in [-0.05, 0) is 18.2 Å². The van der Waals surface area contributed by atoms with E-state index in [4.69, 9.17) is 10.8 Å². The number of hydrogen-bond acceptors (Lipinski definition) is 6. The van der Waals surface area contributed by atoms with Crippen LogP contribution in [0.15, 0.2) is 60.7 Å². The third-order valence-electron chi connectivity index (χ3n) is 3.58. The Labute approximate surface area is 150 Å². The van der Waals surface area contributed by atoms with Crippen molar-refractivity contribution in [3.8, 4) is 11.3 Å². The van der Waals surface area contributed by atoms with E-state index in [-0.39, 0.29) is 12.5 Å². The van der Waals surface area contributed by atoms with E-state index in [2.05, 4.69) is 20.6 Å². The molecule has 0 aliphatic rings. The van der Waals surface area contributed by atoms with E-state index in [1.165, 1.54) is 0 Å². The van der Waals surface area contributed by atoms with Crippen LogP contribution in [0, 0.1) is 0 Å². The molecule has 3 aromatic rings. The fraction of sp³-hybridized carbons (Fsp3) is 0.105. The minimum absolute atomic E-state index is 0.0517. The molecule has 0 saturated carbocycles. The molecule has 0 aliphatic carbocycles. The van der Waals surface area contributed by atoms with Crippen molar-refractivity contribution in [2.45, 2.75) is 0 Å². The van der Waals surface area contributed by atoms with E-state index in [0.717, 1.165) is 5.56 Å². The number of aliphatic hydroxyl groups is 1. The summed E-state index contributed by atoms with van der Waals surface area (Å²) >= 11 is 0. The van der Waals surface area contributed by atoms with Crippen molar-refractivity contribution in [2.75, 3.05) is 29.5 Å². The zero-order valence-corrected chi connectivity index (χ0v) is 14.0. The minimum Gasteiger partial charge on any atom is -0.399 e. The van der Waals surface area contributed by atoms with Crippen LogP contribution in [0.4, 0.5) is 17.5 Å². The zero-order valence-electron chi connectivity index (χ0n) is 14.0. The van der Waals surface area contributed by atoms with Crippen LogP contribution < -0.4 is 16.4 Å². The van der Waals surface area contributed by atoms with Gasteiger partial charge in [-0.25, -0.2) is 4.98 Å². The summed E-state index contributed by atoms with van der Waals surface area (Å²) in [5, 5.41) is 14.7. The van der Waals surface area contributed by atoms with Crippen LogP contribution in [0.1, 0.15) is 10.4 Å². The van der Waals surface area contributed by atoms with E-state index < -0.39 is 0 Å². The van der Waals surface area contributed by atoms with Crippen LogP contribution in [0.2, 0.25) is 0 Å². The van der Waals surface area contributed by atoms with Gasteiger partial charge in [0.1, 0.15) is 5.82 Å². The molecule has 1 amide bonds. The molecule has 3 rings (SSSR count). The lowest BCUT2D eigenvalue weighted by atomic mass is 10.1. The summed E-state index contributed by atoms with van der Waals surface area (Å²) in [6.07, 6.45) is 0. The first kappa shape index (κ1) is 17.4. The number of nitrogen functional groups attached to an aromatic ring is 1. The van der Waals surface area contributed by atoms with Crippen LogP contribution in [0.25, 0.3) is 11.3 Å². The van der Waals surface area contributed by atoms with Crippen molar-refractivity contribution >= 4 is 23.4 Å². The van der Waals surface area contributed by atoms with Crippen molar-refractivity contribution in [1.82, 2.24) is 9.97 Å². The van der Waals surface area contributed by atoms with Crippen molar-refractivity contribution in [3.63, 3.8) is 0 Å². The summed E-state index contributed by atoms with van der Waals surface area (Å²) in [6, 6.07) is 18.0. The molecule has 7 heteroatoms. The summed E-state index contributed by atoms with van der Waals surface area (Å²) in [5.74, 6) is 0.359. The Morgan fingerprint density at radius 2 is 1.85 bits per heavy atom. The number of carbonyl (C=O) groups excluding carboxylic acids is 1. The maximum absolute atomic E-state index is 12.5. The maximum atomic E-state index is 12.5. The third kappa shape index (κ3) is 4.34. The van der Waals surface area contributed by atoms with Gasteiger partial charge < -0.3 is 21.5 Å². The molecule has 0 atom stereocenters. The van der Waals surface area contributed by atoms with Gasteiger partial charge in [-0.15, -0.1) is 0 Å². The van der Waals surface area contributed by atoms with Crippen molar-refractivity contribution in [3.05, 3.63) is 66.2 Å². The van der Waals surface area contributed by atoms with Crippen molar-refractivity contribution < 1.29 is 9.90 Å². The normalized spacial score (nSPS) is 10.3. The predicted octanol–water partition coefficient (Wildman–Crippen LogP) is 2.38. The molecule has 1 heterocycles. The molecular formula is C19H19N5O2. The lowest BCUT2D eigenvalue weighted by Crippen LogP contribution is -2.15. The average molecular weight is 349 g/mol. The number of nitrogens with one attached hydrogen (secondary N) is 2. The zero-order chi connectivity index (χ0) is 18.4. The standard InChI is InChI=1S/C19H19N5O2/c20-15-8-4-7-14(11-15)18(26)23-17-12-16(13-5-2-1-3-6-13)22-19(24-17)21-9-10-25/h1-8,11-12,25H,9-10,20H2,(H2,21,22,23,24,26). The van der Waals surface area contributed by atoms with Crippen molar-refractivity contribution in [2.24, 2.45) is 0 Å². The van der Waals surface area contributed by atoms with E-state index >= 15 is 0 Å². The van der Waals surface area contributed by atoms with Gasteiger partial charge in [0.25, 0.3) is 5.91 Å². The lowest BCUT2D eigenvalue weighted by molar-refractivity contribution is 0.102. The van der Waals surface area contributed by atoms with Crippen LogP contribution in [0.5, 0.6) is 0 Å². The van der Waals surface area contributed by atoms with Gasteiger partial charge in [-0.1, -0.05) is 36.4 Å². The number of carbonyl (C=O) groups is 1. The number of aliphatic hydroxyl groups excluding tert-OH is 1. The molecule has 0 unspecified atom stereocenters. The molecule has 0 saturated heterocycles. The Balaban J connectivity index is 1.91. The molecule has 7 nitrogen and oxygen atoms in total. The van der Waals surface area contributed by atoms with Gasteiger partial charge in [0.05, 0.1) is 12.3 Å². The highest BCUT2D eigenvalue weighted by Gasteiger charge is 2.11. The number of hydrogen-bond donors (Lipinski definition) is 4. The largest absolute Gasteiger partial charge is 0.399 e. The van der Waals surface area contributed by atoms with Crippen LogP contribution in [0.3, 0.4) is 0 Å². The second-order valence-corrected chi connectivity index (χ2v) is 5.56. The molecule has 1 aromatic heterocycles. The number of benzene rings is 2. The summed E-state index contributed by atoms with van der Waals surface area (Å²) in [5.41, 5.74) is 8.23. The second kappa shape index (κ2) is 8.09. The Bertz CT molecular complexity index is 899. The quantitative estimate of drug-likeness (QED) is 0.508. The molecule has 0 bridgehead atoms. The summed E-state index contributed by atoms with van der Waals surface area (Å²) < 4.78 is 0. The average Bonchev–Trinajstić information content (AvgIpc) is 2.67. The highest BCUT2D eigenvalue weighted by atomic mass is 16.3. The van der Waals surface area contributed by atoms with Gasteiger partial charge in [0, 0.05) is 29.4 Å². The Kier molecular flexibility index (Phi) is 5.40. The number of aromatic nitrogens is 2. The van der Waals surface area contributed by atoms with Gasteiger partial charge in [0.15, 0.2) is 0 Å². The maximum Gasteiger partial charge on any atom is 0.256 e. The van der Waals surface area contributed by atoms with Gasteiger partial charge in [0.2, 0.25) is 5.95 Å². The fourth-order valence-corrected chi connectivity index (χ4v) is 2.38. The first-order valence-electron chi connectivity index (χ1n) is 8.12. The molecule has 0 radical (unpaired) electrons. The van der Waals surface area contributed by atoms with Crippen LogP contribution in [-0.2, 0) is 0 Å². The molecule has 26 heavy (non-hydrogen) atoms. The highest BCUT2D eigenvalue weighted by Crippen LogP contribution is 2.21. The number of anilines is 3. The number of nitrogens with zero attached hydrogens (tertiary/aromatic N) is 2. The van der Waals surface area contributed by atoms with E-state index in [0.29, 0.717) is 35.3 Å². The van der Waals surface area contributed by atoms with Gasteiger partial charge >= 0.3 is 0 Å². The van der Waals surface area contributed by atoms with Gasteiger partial charge in [-0.2, -0.15) is 4.98 Å². The molecule has 0 fully saturated rings. The SMILES string of the molecule is Nc1cccc(C(=O)Nc2cc(-c3ccccc3)nc(NCCO)n2)c1. The molecule has 132 valence electrons.